The molecule has 0 radical (unpaired) electrons. The summed E-state index contributed by atoms with van der Waals surface area (Å²) in [6.07, 6.45) is 4.91. The highest BCUT2D eigenvalue weighted by Gasteiger charge is 2.42. The Morgan fingerprint density at radius 3 is 2.51 bits per heavy atom. The molecule has 2 aliphatic rings. The number of nitro benzene ring substituents is 1. The Morgan fingerprint density at radius 2 is 1.80 bits per heavy atom. The van der Waals surface area contributed by atoms with E-state index in [0.717, 1.165) is 35.9 Å². The van der Waals surface area contributed by atoms with Gasteiger partial charge in [-0.05, 0) is 79.0 Å². The van der Waals surface area contributed by atoms with Gasteiger partial charge in [-0.25, -0.2) is 0 Å². The number of benzene rings is 2. The quantitative estimate of drug-likeness (QED) is 0.147. The van der Waals surface area contributed by atoms with Crippen molar-refractivity contribution in [3.8, 4) is 5.69 Å². The number of piperidine rings is 1. The molecule has 2 aliphatic heterocycles. The first-order chi connectivity index (χ1) is 19.8. The normalized spacial score (nSPS) is 22.6. The molecule has 1 N–H and O–H groups in total. The van der Waals surface area contributed by atoms with Crippen LogP contribution in [0.25, 0.3) is 5.69 Å². The molecule has 0 spiro atoms. The third-order valence-electron chi connectivity index (χ3n) is 7.92. The lowest BCUT2D eigenvalue weighted by atomic mass is 9.91. The Kier molecular flexibility index (Phi) is 7.40. The maximum atomic E-state index is 11.5. The highest BCUT2D eigenvalue weighted by molar-refractivity contribution is 7.80. The van der Waals surface area contributed by atoms with Crippen LogP contribution in [-0.2, 0) is 0 Å². The van der Waals surface area contributed by atoms with Crippen molar-refractivity contribution in [2.24, 2.45) is 11.8 Å². The summed E-state index contributed by atoms with van der Waals surface area (Å²) in [4.78, 5) is 20.3. The van der Waals surface area contributed by atoms with Gasteiger partial charge in [0.25, 0.3) is 5.69 Å². The summed E-state index contributed by atoms with van der Waals surface area (Å²) in [5, 5.41) is 16.3. The molecule has 4 aromatic rings. The Hall–Kier alpha value is -3.95. The van der Waals surface area contributed by atoms with Crippen molar-refractivity contribution >= 4 is 46.0 Å². The van der Waals surface area contributed by atoms with Crippen LogP contribution in [0.15, 0.2) is 85.2 Å². The Bertz CT molecular complexity index is 1580. The lowest BCUT2D eigenvalue weighted by Gasteiger charge is -2.37. The van der Waals surface area contributed by atoms with Crippen LogP contribution < -0.4 is 15.1 Å². The number of halogens is 1. The van der Waals surface area contributed by atoms with Gasteiger partial charge >= 0.3 is 0 Å². The molecule has 2 fully saturated rings. The minimum Gasteiger partial charge on any atom is -0.370 e. The van der Waals surface area contributed by atoms with Gasteiger partial charge in [-0.1, -0.05) is 37.6 Å². The van der Waals surface area contributed by atoms with E-state index in [9.17, 15) is 10.1 Å². The van der Waals surface area contributed by atoms with Gasteiger partial charge < -0.3 is 19.7 Å². The number of pyridine rings is 1. The van der Waals surface area contributed by atoms with Crippen LogP contribution in [0.4, 0.5) is 17.1 Å². The Morgan fingerprint density at radius 1 is 1.00 bits per heavy atom. The number of nitrogens with zero attached hydrogens (tertiary/aromatic N) is 5. The average Bonchev–Trinajstić information content (AvgIpc) is 3.57. The number of aromatic nitrogens is 2. The first-order valence-electron chi connectivity index (χ1n) is 13.8. The third kappa shape index (κ3) is 5.27. The summed E-state index contributed by atoms with van der Waals surface area (Å²) in [5.74, 6) is 1.21. The van der Waals surface area contributed by atoms with E-state index < -0.39 is 0 Å². The zero-order chi connectivity index (χ0) is 28.7. The second-order valence-corrected chi connectivity index (χ2v) is 11.9. The number of thiocarbonyl (C=S) groups is 1. The van der Waals surface area contributed by atoms with Crippen molar-refractivity contribution in [2.75, 3.05) is 22.9 Å². The maximum Gasteiger partial charge on any atom is 0.271 e. The molecule has 4 atom stereocenters. The van der Waals surface area contributed by atoms with E-state index >= 15 is 0 Å². The van der Waals surface area contributed by atoms with E-state index in [1.807, 2.05) is 53.2 Å². The summed E-state index contributed by atoms with van der Waals surface area (Å²) in [6.45, 7) is 6.54. The van der Waals surface area contributed by atoms with Crippen molar-refractivity contribution in [3.63, 3.8) is 0 Å². The molecule has 2 saturated heterocycles. The van der Waals surface area contributed by atoms with Crippen molar-refractivity contribution in [2.45, 2.75) is 32.4 Å². The van der Waals surface area contributed by atoms with Gasteiger partial charge in [-0.3, -0.25) is 15.1 Å². The first-order valence-corrected chi connectivity index (χ1v) is 14.6. The molecule has 8 nitrogen and oxygen atoms in total. The van der Waals surface area contributed by atoms with E-state index in [2.05, 4.69) is 46.1 Å². The van der Waals surface area contributed by atoms with Crippen LogP contribution >= 0.6 is 23.8 Å². The predicted octanol–water partition coefficient (Wildman–Crippen LogP) is 7.09. The lowest BCUT2D eigenvalue weighted by molar-refractivity contribution is -0.384. The zero-order valence-corrected chi connectivity index (χ0v) is 24.4. The molecule has 41 heavy (non-hydrogen) atoms. The van der Waals surface area contributed by atoms with Crippen molar-refractivity contribution < 1.29 is 4.92 Å². The van der Waals surface area contributed by atoms with Gasteiger partial charge in [-0.15, -0.1) is 0 Å². The number of rotatable bonds is 6. The van der Waals surface area contributed by atoms with Crippen molar-refractivity contribution in [1.82, 2.24) is 14.9 Å². The first kappa shape index (κ1) is 27.2. The highest BCUT2D eigenvalue weighted by Crippen LogP contribution is 2.44. The summed E-state index contributed by atoms with van der Waals surface area (Å²) in [7, 11) is 0. The van der Waals surface area contributed by atoms with E-state index in [0.29, 0.717) is 27.7 Å². The van der Waals surface area contributed by atoms with Crippen LogP contribution in [-0.4, -0.2) is 32.7 Å². The molecule has 4 heterocycles. The van der Waals surface area contributed by atoms with Gasteiger partial charge in [-0.2, -0.15) is 0 Å². The molecule has 10 heteroatoms. The van der Waals surface area contributed by atoms with Gasteiger partial charge in [0.15, 0.2) is 5.11 Å². The fourth-order valence-electron chi connectivity index (χ4n) is 6.32. The molecule has 0 saturated carbocycles. The standard InChI is InChI=1S/C31H31ClN6O2S/c1-20-15-21(2)19-35(18-20)27-12-11-23(17-25(27)32)37-30(29(34-31(37)41)26-9-3-4-13-33-26)28-10-6-14-36(28)22-7-5-8-24(16-22)38(39)40/h3-14,16-17,20-21,29-30H,15,18-19H2,1-2H3,(H,34,41). The van der Waals surface area contributed by atoms with Gasteiger partial charge in [0.2, 0.25) is 0 Å². The fraction of sp³-hybridized carbons (Fsp3) is 0.290. The molecular formula is C31H31ClN6O2S. The largest absolute Gasteiger partial charge is 0.370 e. The summed E-state index contributed by atoms with van der Waals surface area (Å²) in [5.41, 5.74) is 4.37. The predicted molar refractivity (Wildman–Crippen MR) is 167 cm³/mol. The van der Waals surface area contributed by atoms with Crippen molar-refractivity contribution in [1.29, 1.82) is 0 Å². The monoisotopic (exact) mass is 586 g/mol. The third-order valence-corrected chi connectivity index (χ3v) is 8.54. The molecular weight excluding hydrogens is 556 g/mol. The fourth-order valence-corrected chi connectivity index (χ4v) is 6.96. The summed E-state index contributed by atoms with van der Waals surface area (Å²) >= 11 is 12.9. The second kappa shape index (κ2) is 11.1. The van der Waals surface area contributed by atoms with E-state index in [4.69, 9.17) is 23.8 Å². The highest BCUT2D eigenvalue weighted by atomic mass is 35.5. The Balaban J connectivity index is 1.43. The number of non-ortho nitro benzene ring substituents is 1. The van der Waals surface area contributed by atoms with Gasteiger partial charge in [0, 0.05) is 49.0 Å². The molecule has 4 unspecified atom stereocenters. The van der Waals surface area contributed by atoms with E-state index in [1.54, 1.807) is 18.3 Å². The van der Waals surface area contributed by atoms with Crippen LogP contribution in [0.1, 0.15) is 43.7 Å². The number of hydrogen-bond acceptors (Lipinski definition) is 5. The van der Waals surface area contributed by atoms with Crippen LogP contribution in [0.3, 0.4) is 0 Å². The average molecular weight is 587 g/mol. The molecule has 2 aromatic carbocycles. The van der Waals surface area contributed by atoms with E-state index in [-0.39, 0.29) is 22.7 Å². The summed E-state index contributed by atoms with van der Waals surface area (Å²) < 4.78 is 1.97. The summed E-state index contributed by atoms with van der Waals surface area (Å²) in [6, 6.07) is 22.0. The number of hydrogen-bond donors (Lipinski definition) is 1. The number of anilines is 2. The smallest absolute Gasteiger partial charge is 0.271 e. The topological polar surface area (TPSA) is 79.5 Å². The number of nitro groups is 1. The minimum absolute atomic E-state index is 0.0315. The molecule has 210 valence electrons. The van der Waals surface area contributed by atoms with Gasteiger partial charge in [0.05, 0.1) is 33.1 Å². The second-order valence-electron chi connectivity index (χ2n) is 11.1. The van der Waals surface area contributed by atoms with E-state index in [1.165, 1.54) is 12.5 Å². The van der Waals surface area contributed by atoms with Crippen LogP contribution in [0.5, 0.6) is 0 Å². The molecule has 2 aromatic heterocycles. The van der Waals surface area contributed by atoms with Crippen LogP contribution in [0.2, 0.25) is 5.02 Å². The number of nitrogens with one attached hydrogen (secondary N) is 1. The molecule has 0 amide bonds. The van der Waals surface area contributed by atoms with Gasteiger partial charge in [0.1, 0.15) is 6.04 Å². The molecule has 6 rings (SSSR count). The minimum atomic E-state index is -0.380. The van der Waals surface area contributed by atoms with Crippen LogP contribution in [0, 0.1) is 22.0 Å². The zero-order valence-electron chi connectivity index (χ0n) is 22.9. The SMILES string of the molecule is CC1CC(C)CN(c2ccc(N3C(=S)NC(c4ccccn4)C3c3cccn3-c3cccc([N+](=O)[O-])c3)cc2Cl)C1. The molecule has 0 bridgehead atoms. The Labute approximate surface area is 249 Å². The molecule has 0 aliphatic carbocycles. The maximum absolute atomic E-state index is 11.5. The van der Waals surface area contributed by atoms with Crippen molar-refractivity contribution in [3.05, 3.63) is 112 Å². The lowest BCUT2D eigenvalue weighted by Crippen LogP contribution is -2.38.